The first-order chi connectivity index (χ1) is 7.09. The van der Waals surface area contributed by atoms with Crippen molar-refractivity contribution in [3.63, 3.8) is 0 Å². The molecule has 0 amide bonds. The van der Waals surface area contributed by atoms with Crippen LogP contribution in [0.2, 0.25) is 0 Å². The number of benzene rings is 1. The summed E-state index contributed by atoms with van der Waals surface area (Å²) in [5.74, 6) is 0. The molecular formula is C12H13BrN2. The van der Waals surface area contributed by atoms with E-state index in [4.69, 9.17) is 0 Å². The highest BCUT2D eigenvalue weighted by Crippen LogP contribution is 2.30. The number of rotatable bonds is 1. The second kappa shape index (κ2) is 3.81. The van der Waals surface area contributed by atoms with Gasteiger partial charge in [-0.1, -0.05) is 23.8 Å². The molecule has 0 atom stereocenters. The van der Waals surface area contributed by atoms with Gasteiger partial charge in [-0.2, -0.15) is 5.10 Å². The summed E-state index contributed by atoms with van der Waals surface area (Å²) in [6.07, 6.45) is 0. The van der Waals surface area contributed by atoms with Crippen molar-refractivity contribution in [1.29, 1.82) is 0 Å². The molecule has 0 saturated carbocycles. The molecule has 0 aliphatic heterocycles. The van der Waals surface area contributed by atoms with Crippen molar-refractivity contribution in [2.24, 2.45) is 7.05 Å². The average molecular weight is 265 g/mol. The van der Waals surface area contributed by atoms with Crippen molar-refractivity contribution < 1.29 is 0 Å². The van der Waals surface area contributed by atoms with Crippen LogP contribution in [-0.2, 0) is 7.05 Å². The monoisotopic (exact) mass is 264 g/mol. The van der Waals surface area contributed by atoms with Gasteiger partial charge in [-0.05, 0) is 35.8 Å². The largest absolute Gasteiger partial charge is 0.266 e. The minimum atomic E-state index is 1.02. The van der Waals surface area contributed by atoms with E-state index in [1.165, 1.54) is 11.1 Å². The Morgan fingerprint density at radius 3 is 2.53 bits per heavy atom. The summed E-state index contributed by atoms with van der Waals surface area (Å²) in [7, 11) is 1.97. The van der Waals surface area contributed by atoms with E-state index in [1.807, 2.05) is 18.7 Å². The molecule has 2 rings (SSSR count). The highest BCUT2D eigenvalue weighted by atomic mass is 79.9. The molecule has 0 radical (unpaired) electrons. The number of aryl methyl sites for hydroxylation is 3. The van der Waals surface area contributed by atoms with Gasteiger partial charge in [0.05, 0.1) is 15.9 Å². The van der Waals surface area contributed by atoms with Crippen LogP contribution < -0.4 is 0 Å². The van der Waals surface area contributed by atoms with E-state index in [1.54, 1.807) is 0 Å². The van der Waals surface area contributed by atoms with Crippen LogP contribution in [0.15, 0.2) is 28.7 Å². The molecule has 2 nitrogen and oxygen atoms in total. The third-order valence-electron chi connectivity index (χ3n) is 2.44. The Hall–Kier alpha value is -1.09. The molecule has 0 unspecified atom stereocenters. The predicted molar refractivity (Wildman–Crippen MR) is 65.8 cm³/mol. The highest BCUT2D eigenvalue weighted by Gasteiger charge is 2.12. The Labute approximate surface area is 98.1 Å². The van der Waals surface area contributed by atoms with Crippen LogP contribution in [0.5, 0.6) is 0 Å². The van der Waals surface area contributed by atoms with Crippen LogP contribution in [0.3, 0.4) is 0 Å². The van der Waals surface area contributed by atoms with E-state index in [-0.39, 0.29) is 0 Å². The molecule has 1 heterocycles. The maximum atomic E-state index is 4.39. The molecule has 3 heteroatoms. The van der Waals surface area contributed by atoms with E-state index in [2.05, 4.69) is 52.2 Å². The Balaban J connectivity index is 2.63. The topological polar surface area (TPSA) is 17.8 Å². The van der Waals surface area contributed by atoms with Crippen LogP contribution in [0, 0.1) is 13.8 Å². The van der Waals surface area contributed by atoms with Crippen LogP contribution in [0.25, 0.3) is 11.3 Å². The van der Waals surface area contributed by atoms with Crippen LogP contribution in [0.4, 0.5) is 0 Å². The summed E-state index contributed by atoms with van der Waals surface area (Å²) in [4.78, 5) is 0. The molecule has 78 valence electrons. The van der Waals surface area contributed by atoms with Gasteiger partial charge in [-0.3, -0.25) is 4.68 Å². The maximum absolute atomic E-state index is 4.39. The van der Waals surface area contributed by atoms with E-state index < -0.39 is 0 Å². The summed E-state index contributed by atoms with van der Waals surface area (Å²) >= 11 is 3.58. The number of hydrogen-bond donors (Lipinski definition) is 0. The summed E-state index contributed by atoms with van der Waals surface area (Å²) in [5, 5.41) is 4.39. The minimum Gasteiger partial charge on any atom is -0.266 e. The molecule has 0 aliphatic rings. The van der Waals surface area contributed by atoms with Crippen molar-refractivity contribution in [2.45, 2.75) is 13.8 Å². The third-order valence-corrected chi connectivity index (χ3v) is 3.39. The molecule has 0 saturated heterocycles. The lowest BCUT2D eigenvalue weighted by Gasteiger charge is -2.03. The molecule has 0 bridgehead atoms. The standard InChI is InChI=1S/C12H13BrN2/c1-8-5-4-6-10(7-8)12-11(13)9(2)14-15(12)3/h4-7H,1-3H3. The van der Waals surface area contributed by atoms with Crippen LogP contribution in [0.1, 0.15) is 11.3 Å². The van der Waals surface area contributed by atoms with Gasteiger partial charge >= 0.3 is 0 Å². The Kier molecular flexibility index (Phi) is 2.65. The van der Waals surface area contributed by atoms with Crippen LogP contribution in [-0.4, -0.2) is 9.78 Å². The Morgan fingerprint density at radius 1 is 1.27 bits per heavy atom. The van der Waals surface area contributed by atoms with Crippen LogP contribution >= 0.6 is 15.9 Å². The second-order valence-corrected chi connectivity index (χ2v) is 4.53. The minimum absolute atomic E-state index is 1.02. The fraction of sp³-hybridized carbons (Fsp3) is 0.250. The first kappa shape index (κ1) is 10.4. The SMILES string of the molecule is Cc1cccc(-c2c(Br)c(C)nn2C)c1. The lowest BCUT2D eigenvalue weighted by atomic mass is 10.1. The molecule has 15 heavy (non-hydrogen) atoms. The van der Waals surface area contributed by atoms with Gasteiger partial charge in [0.15, 0.2) is 0 Å². The summed E-state index contributed by atoms with van der Waals surface area (Å²) in [6.45, 7) is 4.10. The highest BCUT2D eigenvalue weighted by molar-refractivity contribution is 9.10. The number of nitrogens with zero attached hydrogens (tertiary/aromatic N) is 2. The molecule has 1 aromatic heterocycles. The van der Waals surface area contributed by atoms with Crippen molar-refractivity contribution in [2.75, 3.05) is 0 Å². The molecular weight excluding hydrogens is 252 g/mol. The summed E-state index contributed by atoms with van der Waals surface area (Å²) in [5.41, 5.74) is 4.62. The van der Waals surface area contributed by atoms with Crippen molar-refractivity contribution in [1.82, 2.24) is 9.78 Å². The summed E-state index contributed by atoms with van der Waals surface area (Å²) in [6, 6.07) is 8.44. The first-order valence-electron chi connectivity index (χ1n) is 4.85. The van der Waals surface area contributed by atoms with Gasteiger partial charge in [0.2, 0.25) is 0 Å². The van der Waals surface area contributed by atoms with E-state index in [0.717, 1.165) is 15.9 Å². The van der Waals surface area contributed by atoms with Gasteiger partial charge in [0.25, 0.3) is 0 Å². The van der Waals surface area contributed by atoms with Crippen molar-refractivity contribution in [3.05, 3.63) is 40.0 Å². The zero-order valence-electron chi connectivity index (χ0n) is 9.08. The summed E-state index contributed by atoms with van der Waals surface area (Å²) < 4.78 is 2.99. The van der Waals surface area contributed by atoms with Gasteiger partial charge in [-0.25, -0.2) is 0 Å². The van der Waals surface area contributed by atoms with Gasteiger partial charge in [0, 0.05) is 12.6 Å². The molecule has 2 aromatic rings. The van der Waals surface area contributed by atoms with E-state index in [0.29, 0.717) is 0 Å². The van der Waals surface area contributed by atoms with Gasteiger partial charge in [0.1, 0.15) is 0 Å². The quantitative estimate of drug-likeness (QED) is 0.772. The molecule has 0 aliphatic carbocycles. The first-order valence-corrected chi connectivity index (χ1v) is 5.65. The average Bonchev–Trinajstić information content (AvgIpc) is 2.41. The lowest BCUT2D eigenvalue weighted by Crippen LogP contribution is -1.94. The smallest absolute Gasteiger partial charge is 0.0824 e. The van der Waals surface area contributed by atoms with E-state index in [9.17, 15) is 0 Å². The van der Waals surface area contributed by atoms with Crippen molar-refractivity contribution >= 4 is 15.9 Å². The molecule has 1 aromatic carbocycles. The fourth-order valence-electron chi connectivity index (χ4n) is 1.74. The number of aromatic nitrogens is 2. The Bertz CT molecular complexity index is 500. The zero-order chi connectivity index (χ0) is 11.0. The zero-order valence-corrected chi connectivity index (χ0v) is 10.7. The molecule has 0 fully saturated rings. The number of hydrogen-bond acceptors (Lipinski definition) is 1. The van der Waals surface area contributed by atoms with Crippen molar-refractivity contribution in [3.8, 4) is 11.3 Å². The van der Waals surface area contributed by atoms with E-state index >= 15 is 0 Å². The van der Waals surface area contributed by atoms with Gasteiger partial charge in [-0.15, -0.1) is 0 Å². The lowest BCUT2D eigenvalue weighted by molar-refractivity contribution is 0.764. The second-order valence-electron chi connectivity index (χ2n) is 3.74. The third kappa shape index (κ3) is 1.84. The maximum Gasteiger partial charge on any atom is 0.0824 e. The fourth-order valence-corrected chi connectivity index (χ4v) is 2.30. The molecule has 0 N–H and O–H groups in total. The molecule has 0 spiro atoms. The van der Waals surface area contributed by atoms with Gasteiger partial charge < -0.3 is 0 Å². The number of halogens is 1. The predicted octanol–water partition coefficient (Wildman–Crippen LogP) is 3.47. The normalized spacial score (nSPS) is 10.7. The Morgan fingerprint density at radius 2 is 2.00 bits per heavy atom.